The van der Waals surface area contributed by atoms with E-state index in [-0.39, 0.29) is 23.8 Å². The average molecular weight is 719 g/mol. The number of anilines is 1. The van der Waals surface area contributed by atoms with Gasteiger partial charge >= 0.3 is 0 Å². The van der Waals surface area contributed by atoms with Gasteiger partial charge in [0.1, 0.15) is 22.9 Å². The average Bonchev–Trinajstić information content (AvgIpc) is 3.10. The molecule has 2 heterocycles. The highest BCUT2D eigenvalue weighted by Gasteiger charge is 2.18. The van der Waals surface area contributed by atoms with Crippen LogP contribution in [0.3, 0.4) is 0 Å². The van der Waals surface area contributed by atoms with Gasteiger partial charge in [-0.05, 0) is 67.0 Å². The third-order valence-electron chi connectivity index (χ3n) is 8.52. The van der Waals surface area contributed by atoms with Gasteiger partial charge in [-0.2, -0.15) is 0 Å². The molecule has 266 valence electrons. The van der Waals surface area contributed by atoms with Gasteiger partial charge in [0.25, 0.3) is 5.91 Å². The molecule has 0 spiro atoms. The molecule has 2 aromatic heterocycles. The predicted molar refractivity (Wildman–Crippen MR) is 201 cm³/mol. The SMILES string of the molecule is COc1cc(C(=O)Nc2cccc(-c3cccc(CC(=O)c4cc(OC)c(CNCCS(C)=O)cn4)c3C)c2C)ncc1CCCCS(C)=O. The first kappa shape index (κ1) is 38.5. The first-order chi connectivity index (χ1) is 24.0. The zero-order valence-corrected chi connectivity index (χ0v) is 31.2. The van der Waals surface area contributed by atoms with Crippen LogP contribution in [0.1, 0.15) is 61.6 Å². The van der Waals surface area contributed by atoms with Crippen LogP contribution in [0.4, 0.5) is 5.69 Å². The molecule has 0 aliphatic rings. The highest BCUT2D eigenvalue weighted by atomic mass is 32.2. The van der Waals surface area contributed by atoms with Gasteiger partial charge in [-0.1, -0.05) is 30.3 Å². The van der Waals surface area contributed by atoms with Crippen LogP contribution in [0, 0.1) is 13.8 Å². The summed E-state index contributed by atoms with van der Waals surface area (Å²) in [5.41, 5.74) is 7.54. The van der Waals surface area contributed by atoms with Crippen LogP contribution in [0.25, 0.3) is 11.1 Å². The molecule has 2 aromatic carbocycles. The zero-order valence-electron chi connectivity index (χ0n) is 29.6. The Hall–Kier alpha value is -4.26. The van der Waals surface area contributed by atoms with E-state index < -0.39 is 21.6 Å². The van der Waals surface area contributed by atoms with E-state index in [1.807, 2.05) is 50.2 Å². The number of aromatic nitrogens is 2. The summed E-state index contributed by atoms with van der Waals surface area (Å²) in [6, 6.07) is 15.0. The van der Waals surface area contributed by atoms with E-state index in [1.165, 1.54) is 0 Å². The Kier molecular flexibility index (Phi) is 14.4. The largest absolute Gasteiger partial charge is 0.496 e. The minimum atomic E-state index is -0.875. The van der Waals surface area contributed by atoms with Gasteiger partial charge in [0.15, 0.2) is 5.78 Å². The van der Waals surface area contributed by atoms with Crippen LogP contribution >= 0.6 is 0 Å². The summed E-state index contributed by atoms with van der Waals surface area (Å²) in [6.45, 7) is 5.04. The number of hydrogen-bond acceptors (Lipinski definition) is 9. The summed E-state index contributed by atoms with van der Waals surface area (Å²) < 4.78 is 33.8. The van der Waals surface area contributed by atoms with Gasteiger partial charge in [0.05, 0.1) is 14.2 Å². The maximum atomic E-state index is 13.4. The number of ether oxygens (including phenoxy) is 2. The lowest BCUT2D eigenvalue weighted by Gasteiger charge is -2.17. The third-order valence-corrected chi connectivity index (χ3v) is 10.2. The molecule has 0 aliphatic heterocycles. The minimum Gasteiger partial charge on any atom is -0.496 e. The molecule has 0 fully saturated rings. The Morgan fingerprint density at radius 3 is 2.08 bits per heavy atom. The topological polar surface area (TPSA) is 137 Å². The normalized spacial score (nSPS) is 12.3. The lowest BCUT2D eigenvalue weighted by atomic mass is 9.91. The Morgan fingerprint density at radius 1 is 0.760 bits per heavy atom. The van der Waals surface area contributed by atoms with Crippen LogP contribution < -0.4 is 20.1 Å². The summed E-state index contributed by atoms with van der Waals surface area (Å²) in [4.78, 5) is 35.6. The van der Waals surface area contributed by atoms with E-state index in [1.54, 1.807) is 51.3 Å². The number of nitrogens with zero attached hydrogens (tertiary/aromatic N) is 2. The van der Waals surface area contributed by atoms with Crippen LogP contribution in [0.5, 0.6) is 11.5 Å². The van der Waals surface area contributed by atoms with E-state index in [9.17, 15) is 18.0 Å². The molecule has 12 heteroatoms. The number of pyridine rings is 2. The molecule has 0 saturated carbocycles. The molecule has 2 atom stereocenters. The van der Waals surface area contributed by atoms with Crippen molar-refractivity contribution in [1.82, 2.24) is 15.3 Å². The number of benzene rings is 2. The highest BCUT2D eigenvalue weighted by Crippen LogP contribution is 2.33. The second kappa shape index (κ2) is 18.7. The van der Waals surface area contributed by atoms with Crippen molar-refractivity contribution in [2.24, 2.45) is 0 Å². The number of unbranched alkanes of at least 4 members (excludes halogenated alkanes) is 1. The number of amides is 1. The number of nitrogens with one attached hydrogen (secondary N) is 2. The Labute approximate surface area is 299 Å². The van der Waals surface area contributed by atoms with Gasteiger partial charge in [-0.3, -0.25) is 28.0 Å². The number of Topliss-reactive ketones (excluding diaryl/α,β-unsaturated/α-hetero) is 1. The molecule has 4 aromatic rings. The first-order valence-electron chi connectivity index (χ1n) is 16.4. The monoisotopic (exact) mass is 718 g/mol. The van der Waals surface area contributed by atoms with Crippen LogP contribution in [0.15, 0.2) is 60.9 Å². The molecule has 2 N–H and O–H groups in total. The summed E-state index contributed by atoms with van der Waals surface area (Å²) in [5, 5.41) is 6.25. The van der Waals surface area contributed by atoms with Crippen molar-refractivity contribution in [3.63, 3.8) is 0 Å². The van der Waals surface area contributed by atoms with Gasteiger partial charge in [-0.25, -0.2) is 0 Å². The zero-order chi connectivity index (χ0) is 36.2. The van der Waals surface area contributed by atoms with Crippen molar-refractivity contribution < 1.29 is 27.5 Å². The summed E-state index contributed by atoms with van der Waals surface area (Å²) >= 11 is 0. The number of carbonyl (C=O) groups is 2. The van der Waals surface area contributed by atoms with E-state index in [2.05, 4.69) is 20.6 Å². The highest BCUT2D eigenvalue weighted by molar-refractivity contribution is 7.84. The van der Waals surface area contributed by atoms with Crippen LogP contribution in [-0.4, -0.2) is 74.9 Å². The number of rotatable bonds is 18. The van der Waals surface area contributed by atoms with Crippen molar-refractivity contribution in [2.75, 3.05) is 50.1 Å². The standard InChI is InChI=1S/C38H46N4O6S2/c1-25-27(19-35(43)33-20-37(48-4)29(24-40-33)22-39-16-18-50(6)46)12-9-13-30(25)31-14-10-15-32(26(31)2)42-38(44)34-21-36(47-3)28(23-41-34)11-7-8-17-49(5)45/h9-10,12-15,20-21,23-24,39H,7-8,11,16-19,22H2,1-6H3,(H,42,44). The van der Waals surface area contributed by atoms with Gasteiger partial charge < -0.3 is 20.1 Å². The number of aryl methyl sites for hydroxylation is 1. The Bertz CT molecular complexity index is 1750. The van der Waals surface area contributed by atoms with E-state index in [4.69, 9.17) is 9.47 Å². The van der Waals surface area contributed by atoms with Crippen molar-refractivity contribution in [3.05, 3.63) is 100 Å². The molecule has 0 saturated heterocycles. The molecule has 0 radical (unpaired) electrons. The number of hydrogen-bond donors (Lipinski definition) is 2. The molecule has 10 nitrogen and oxygen atoms in total. The van der Waals surface area contributed by atoms with Crippen LogP contribution in [0.2, 0.25) is 0 Å². The van der Waals surface area contributed by atoms with Gasteiger partial charge in [-0.15, -0.1) is 0 Å². The fourth-order valence-corrected chi connectivity index (χ4v) is 6.69. The maximum absolute atomic E-state index is 13.4. The van der Waals surface area contributed by atoms with E-state index in [0.29, 0.717) is 47.5 Å². The quantitative estimate of drug-likeness (QED) is 0.0992. The van der Waals surface area contributed by atoms with Crippen molar-refractivity contribution in [3.8, 4) is 22.6 Å². The van der Waals surface area contributed by atoms with Crippen molar-refractivity contribution >= 4 is 39.0 Å². The molecule has 1 amide bonds. The molecular weight excluding hydrogens is 673 g/mol. The fraction of sp³-hybridized carbons (Fsp3) is 0.368. The van der Waals surface area contributed by atoms with E-state index >= 15 is 0 Å². The first-order valence-corrected chi connectivity index (χ1v) is 19.9. The summed E-state index contributed by atoms with van der Waals surface area (Å²) in [7, 11) is 1.44. The Morgan fingerprint density at radius 2 is 1.38 bits per heavy atom. The molecule has 4 rings (SSSR count). The lowest BCUT2D eigenvalue weighted by Crippen LogP contribution is -2.20. The van der Waals surface area contributed by atoms with Crippen molar-refractivity contribution in [1.29, 1.82) is 0 Å². The molecule has 50 heavy (non-hydrogen) atoms. The van der Waals surface area contributed by atoms with Crippen LogP contribution in [-0.2, 0) is 41.0 Å². The van der Waals surface area contributed by atoms with Gasteiger partial charge in [0, 0.05) is 106 Å². The Balaban J connectivity index is 1.48. The molecule has 2 unspecified atom stereocenters. The smallest absolute Gasteiger partial charge is 0.274 e. The van der Waals surface area contributed by atoms with Crippen molar-refractivity contribution in [2.45, 2.75) is 46.1 Å². The lowest BCUT2D eigenvalue weighted by molar-refractivity contribution is 0.0985. The second-order valence-electron chi connectivity index (χ2n) is 12.1. The summed E-state index contributed by atoms with van der Waals surface area (Å²) in [5.74, 6) is 1.89. The molecule has 0 bridgehead atoms. The minimum absolute atomic E-state index is 0.131. The maximum Gasteiger partial charge on any atom is 0.274 e. The number of carbonyl (C=O) groups excluding carboxylic acids is 2. The summed E-state index contributed by atoms with van der Waals surface area (Å²) in [6.07, 6.45) is 9.27. The predicted octanol–water partition coefficient (Wildman–Crippen LogP) is 5.62. The number of methoxy groups -OCH3 is 2. The molecular formula is C38H46N4O6S2. The second-order valence-corrected chi connectivity index (χ2v) is 15.2. The van der Waals surface area contributed by atoms with Gasteiger partial charge in [0.2, 0.25) is 0 Å². The third kappa shape index (κ3) is 10.4. The molecule has 0 aliphatic carbocycles. The van der Waals surface area contributed by atoms with E-state index in [0.717, 1.165) is 58.2 Å². The fourth-order valence-electron chi connectivity index (χ4n) is 5.65. The number of ketones is 1.